The summed E-state index contributed by atoms with van der Waals surface area (Å²) >= 11 is 1.79. The highest BCUT2D eigenvalue weighted by molar-refractivity contribution is 7.15. The molecule has 0 aliphatic rings. The van der Waals surface area contributed by atoms with E-state index >= 15 is 0 Å². The third-order valence-electron chi connectivity index (χ3n) is 2.81. The Morgan fingerprint density at radius 2 is 1.84 bits per heavy atom. The summed E-state index contributed by atoms with van der Waals surface area (Å²) in [6.07, 6.45) is 0.942. The number of ether oxygens (including phenoxy) is 2. The van der Waals surface area contributed by atoms with Gasteiger partial charge in [-0.25, -0.2) is 0 Å². The molecule has 2 nitrogen and oxygen atoms in total. The monoisotopic (exact) mass is 274 g/mol. The minimum Gasteiger partial charge on any atom is -0.493 e. The average Bonchev–Trinajstić information content (AvgIpc) is 2.85. The number of methoxy groups -OCH3 is 2. The predicted octanol–water partition coefficient (Wildman–Crippen LogP) is 4.55. The van der Waals surface area contributed by atoms with Crippen molar-refractivity contribution < 1.29 is 9.47 Å². The second kappa shape index (κ2) is 5.93. The van der Waals surface area contributed by atoms with E-state index in [0.29, 0.717) is 0 Å². The van der Waals surface area contributed by atoms with E-state index in [0.717, 1.165) is 23.5 Å². The van der Waals surface area contributed by atoms with Gasteiger partial charge in [0.1, 0.15) is 0 Å². The van der Waals surface area contributed by atoms with Crippen molar-refractivity contribution in [3.8, 4) is 21.9 Å². The van der Waals surface area contributed by atoms with Crippen LogP contribution < -0.4 is 9.47 Å². The maximum atomic E-state index is 5.34. The molecule has 1 aromatic heterocycles. The Morgan fingerprint density at radius 3 is 2.47 bits per heavy atom. The van der Waals surface area contributed by atoms with Crippen LogP contribution in [0.3, 0.4) is 0 Å². The zero-order valence-electron chi connectivity index (χ0n) is 11.5. The van der Waals surface area contributed by atoms with Crippen LogP contribution in [0.4, 0.5) is 0 Å². The van der Waals surface area contributed by atoms with Gasteiger partial charge in [-0.15, -0.1) is 11.3 Å². The summed E-state index contributed by atoms with van der Waals surface area (Å²) in [7, 11) is 3.30. The molecule has 100 valence electrons. The number of hydrogen-bond acceptors (Lipinski definition) is 3. The summed E-state index contributed by atoms with van der Waals surface area (Å²) in [6.45, 7) is 6.00. The molecule has 0 unspecified atom stereocenters. The van der Waals surface area contributed by atoms with Crippen molar-refractivity contribution in [1.82, 2.24) is 0 Å². The van der Waals surface area contributed by atoms with E-state index in [1.165, 1.54) is 15.3 Å². The van der Waals surface area contributed by atoms with Crippen LogP contribution in [0.2, 0.25) is 0 Å². The third kappa shape index (κ3) is 3.18. The highest BCUT2D eigenvalue weighted by Gasteiger charge is 2.08. The predicted molar refractivity (Wildman–Crippen MR) is 81.4 cm³/mol. The van der Waals surface area contributed by atoms with Crippen LogP contribution in [0.5, 0.6) is 11.5 Å². The van der Waals surface area contributed by atoms with Crippen molar-refractivity contribution in [3.63, 3.8) is 0 Å². The Bertz CT molecular complexity index is 584. The summed E-state index contributed by atoms with van der Waals surface area (Å²) in [4.78, 5) is 2.56. The molecule has 0 fully saturated rings. The molecular formula is C16H18O2S. The second-order valence-corrected chi connectivity index (χ2v) is 5.64. The van der Waals surface area contributed by atoms with Gasteiger partial charge in [-0.3, -0.25) is 0 Å². The molecule has 1 heterocycles. The lowest BCUT2D eigenvalue weighted by atomic mass is 10.1. The van der Waals surface area contributed by atoms with Gasteiger partial charge in [0.05, 0.1) is 14.2 Å². The summed E-state index contributed by atoms with van der Waals surface area (Å²) in [6, 6.07) is 10.3. The molecule has 2 aromatic rings. The summed E-state index contributed by atoms with van der Waals surface area (Å²) < 4.78 is 10.6. The minimum absolute atomic E-state index is 0.755. The number of thiophene rings is 1. The molecule has 0 atom stereocenters. The van der Waals surface area contributed by atoms with Crippen molar-refractivity contribution in [2.75, 3.05) is 14.2 Å². The molecule has 0 bridgehead atoms. The number of benzene rings is 1. The largest absolute Gasteiger partial charge is 0.493 e. The van der Waals surface area contributed by atoms with Gasteiger partial charge in [-0.05, 0) is 42.8 Å². The smallest absolute Gasteiger partial charge is 0.161 e. The third-order valence-corrected chi connectivity index (χ3v) is 3.94. The average molecular weight is 274 g/mol. The number of rotatable bonds is 5. The molecule has 0 amide bonds. The van der Waals surface area contributed by atoms with E-state index in [2.05, 4.69) is 31.7 Å². The van der Waals surface area contributed by atoms with Gasteiger partial charge in [0, 0.05) is 16.2 Å². The van der Waals surface area contributed by atoms with Crippen LogP contribution in [0.1, 0.15) is 11.8 Å². The normalized spacial score (nSPS) is 10.3. The zero-order valence-corrected chi connectivity index (χ0v) is 12.3. The van der Waals surface area contributed by atoms with Crippen molar-refractivity contribution in [3.05, 3.63) is 47.4 Å². The van der Waals surface area contributed by atoms with Crippen LogP contribution in [0.15, 0.2) is 42.5 Å². The lowest BCUT2D eigenvalue weighted by molar-refractivity contribution is 0.355. The summed E-state index contributed by atoms with van der Waals surface area (Å²) in [5.74, 6) is 1.51. The van der Waals surface area contributed by atoms with Gasteiger partial charge in [-0.2, -0.15) is 0 Å². The van der Waals surface area contributed by atoms with E-state index in [1.807, 2.05) is 12.1 Å². The molecule has 0 N–H and O–H groups in total. The quantitative estimate of drug-likeness (QED) is 0.745. The van der Waals surface area contributed by atoms with Crippen LogP contribution in [-0.2, 0) is 6.42 Å². The highest BCUT2D eigenvalue weighted by atomic mass is 32.1. The second-order valence-electron chi connectivity index (χ2n) is 4.47. The molecule has 1 aromatic carbocycles. The lowest BCUT2D eigenvalue weighted by Crippen LogP contribution is -1.90. The van der Waals surface area contributed by atoms with Gasteiger partial charge in [0.15, 0.2) is 11.5 Å². The van der Waals surface area contributed by atoms with E-state index in [4.69, 9.17) is 9.47 Å². The highest BCUT2D eigenvalue weighted by Crippen LogP contribution is 2.35. The SMILES string of the molecule is C=C(C)Cc1ccc(-c2ccc(OC)c(OC)c2)s1. The molecule has 0 spiro atoms. The van der Waals surface area contributed by atoms with E-state index in [-0.39, 0.29) is 0 Å². The first-order chi connectivity index (χ1) is 9.13. The molecule has 3 heteroatoms. The van der Waals surface area contributed by atoms with E-state index in [9.17, 15) is 0 Å². The molecule has 0 radical (unpaired) electrons. The summed E-state index contributed by atoms with van der Waals surface area (Å²) in [5.41, 5.74) is 2.33. The molecule has 0 aliphatic carbocycles. The minimum atomic E-state index is 0.755. The lowest BCUT2D eigenvalue weighted by Gasteiger charge is -2.08. The molecule has 0 aliphatic heterocycles. The van der Waals surface area contributed by atoms with Crippen molar-refractivity contribution in [1.29, 1.82) is 0 Å². The zero-order chi connectivity index (χ0) is 13.8. The topological polar surface area (TPSA) is 18.5 Å². The number of allylic oxidation sites excluding steroid dienone is 1. The van der Waals surface area contributed by atoms with Gasteiger partial charge < -0.3 is 9.47 Å². The van der Waals surface area contributed by atoms with Crippen molar-refractivity contribution in [2.24, 2.45) is 0 Å². The number of hydrogen-bond donors (Lipinski definition) is 0. The maximum absolute atomic E-state index is 5.34. The van der Waals surface area contributed by atoms with E-state index < -0.39 is 0 Å². The first-order valence-corrected chi connectivity index (χ1v) is 6.91. The fraction of sp³-hybridized carbons (Fsp3) is 0.250. The van der Waals surface area contributed by atoms with Crippen LogP contribution in [-0.4, -0.2) is 14.2 Å². The Balaban J connectivity index is 2.31. The fourth-order valence-electron chi connectivity index (χ4n) is 1.91. The van der Waals surface area contributed by atoms with Crippen LogP contribution in [0.25, 0.3) is 10.4 Å². The Kier molecular flexibility index (Phi) is 4.27. The maximum Gasteiger partial charge on any atom is 0.161 e. The van der Waals surface area contributed by atoms with Crippen molar-refractivity contribution >= 4 is 11.3 Å². The molecule has 0 saturated carbocycles. The first-order valence-electron chi connectivity index (χ1n) is 6.09. The molecule has 2 rings (SSSR count). The van der Waals surface area contributed by atoms with Crippen LogP contribution in [0, 0.1) is 0 Å². The molecule has 19 heavy (non-hydrogen) atoms. The fourth-order valence-corrected chi connectivity index (χ4v) is 3.03. The Hall–Kier alpha value is -1.74. The Morgan fingerprint density at radius 1 is 1.11 bits per heavy atom. The molecular weight excluding hydrogens is 256 g/mol. The van der Waals surface area contributed by atoms with Gasteiger partial charge in [-0.1, -0.05) is 12.2 Å². The first kappa shape index (κ1) is 13.7. The van der Waals surface area contributed by atoms with Crippen LogP contribution >= 0.6 is 11.3 Å². The molecule has 0 saturated heterocycles. The standard InChI is InChI=1S/C16H18O2S/c1-11(2)9-13-6-8-16(19-13)12-5-7-14(17-3)15(10-12)18-4/h5-8,10H,1,9H2,2-4H3. The van der Waals surface area contributed by atoms with Gasteiger partial charge in [0.25, 0.3) is 0 Å². The van der Waals surface area contributed by atoms with Crippen molar-refractivity contribution in [2.45, 2.75) is 13.3 Å². The van der Waals surface area contributed by atoms with Gasteiger partial charge >= 0.3 is 0 Å². The Labute approximate surface area is 118 Å². The van der Waals surface area contributed by atoms with E-state index in [1.54, 1.807) is 25.6 Å². The summed E-state index contributed by atoms with van der Waals surface area (Å²) in [5, 5.41) is 0. The van der Waals surface area contributed by atoms with Gasteiger partial charge in [0.2, 0.25) is 0 Å².